The van der Waals surface area contributed by atoms with Gasteiger partial charge in [0.2, 0.25) is 6.33 Å². The zero-order valence-corrected chi connectivity index (χ0v) is 13.0. The number of aryl methyl sites for hydroxylation is 1. The van der Waals surface area contributed by atoms with Gasteiger partial charge < -0.3 is 19.2 Å². The van der Waals surface area contributed by atoms with Gasteiger partial charge in [0, 0.05) is 13.1 Å². The molecule has 0 N–H and O–H groups in total. The SMILES string of the molecule is CC(C)n1cnc2ncnc(Sc3c([N+](=O)[O-])ncn3C)c21. The first-order valence-corrected chi connectivity index (χ1v) is 7.31. The van der Waals surface area contributed by atoms with Gasteiger partial charge in [-0.3, -0.25) is 0 Å². The summed E-state index contributed by atoms with van der Waals surface area (Å²) in [5.41, 5.74) is 1.33. The fourth-order valence-electron chi connectivity index (χ4n) is 2.06. The Labute approximate surface area is 129 Å². The molecule has 0 spiro atoms. The number of fused-ring (bicyclic) bond motifs is 1. The van der Waals surface area contributed by atoms with Crippen LogP contribution >= 0.6 is 11.8 Å². The van der Waals surface area contributed by atoms with Crippen LogP contribution in [0.4, 0.5) is 5.82 Å². The predicted octanol–water partition coefficient (Wildman–Crippen LogP) is 2.20. The van der Waals surface area contributed by atoms with Gasteiger partial charge in [0.25, 0.3) is 0 Å². The lowest BCUT2D eigenvalue weighted by Gasteiger charge is -2.10. The van der Waals surface area contributed by atoms with Crippen molar-refractivity contribution < 1.29 is 4.92 Å². The molecule has 0 bridgehead atoms. The summed E-state index contributed by atoms with van der Waals surface area (Å²) in [7, 11) is 1.71. The number of imidazole rings is 2. The lowest BCUT2D eigenvalue weighted by Crippen LogP contribution is -2.01. The lowest BCUT2D eigenvalue weighted by atomic mass is 10.4. The summed E-state index contributed by atoms with van der Waals surface area (Å²) in [6, 6.07) is 0.178. The highest BCUT2D eigenvalue weighted by molar-refractivity contribution is 7.99. The molecule has 3 aromatic rings. The smallest absolute Gasteiger partial charge is 0.358 e. The molecule has 9 nitrogen and oxygen atoms in total. The number of rotatable bonds is 4. The van der Waals surface area contributed by atoms with E-state index < -0.39 is 4.92 Å². The van der Waals surface area contributed by atoms with Crippen molar-refractivity contribution in [2.24, 2.45) is 7.05 Å². The first kappa shape index (κ1) is 14.4. The van der Waals surface area contributed by atoms with Crippen molar-refractivity contribution in [3.8, 4) is 0 Å². The van der Waals surface area contributed by atoms with Gasteiger partial charge in [-0.25, -0.2) is 15.0 Å². The van der Waals surface area contributed by atoms with E-state index in [0.29, 0.717) is 15.7 Å². The first-order valence-electron chi connectivity index (χ1n) is 6.50. The molecule has 3 rings (SSSR count). The van der Waals surface area contributed by atoms with Crippen LogP contribution in [-0.2, 0) is 7.05 Å². The second-order valence-electron chi connectivity index (χ2n) is 4.94. The monoisotopic (exact) mass is 319 g/mol. The molecule has 0 saturated carbocycles. The molecule has 114 valence electrons. The summed E-state index contributed by atoms with van der Waals surface area (Å²) >= 11 is 1.19. The van der Waals surface area contributed by atoms with Gasteiger partial charge in [0.05, 0.1) is 6.33 Å². The van der Waals surface area contributed by atoms with Crippen LogP contribution in [-0.4, -0.2) is 34.0 Å². The summed E-state index contributed by atoms with van der Waals surface area (Å²) in [5, 5.41) is 12.1. The Bertz CT molecular complexity index is 854. The molecule has 0 amide bonds. The second kappa shape index (κ2) is 5.37. The van der Waals surface area contributed by atoms with Crippen LogP contribution in [0.3, 0.4) is 0 Å². The van der Waals surface area contributed by atoms with Crippen molar-refractivity contribution in [1.82, 2.24) is 29.1 Å². The second-order valence-corrected chi connectivity index (χ2v) is 5.92. The number of hydrogen-bond donors (Lipinski definition) is 0. The largest absolute Gasteiger partial charge is 0.396 e. The first-order chi connectivity index (χ1) is 10.5. The Hall–Kier alpha value is -2.49. The Balaban J connectivity index is 2.14. The molecule has 3 aromatic heterocycles. The van der Waals surface area contributed by atoms with E-state index in [9.17, 15) is 10.1 Å². The maximum Gasteiger partial charge on any atom is 0.396 e. The van der Waals surface area contributed by atoms with Crippen LogP contribution < -0.4 is 0 Å². The number of nitro groups is 1. The van der Waals surface area contributed by atoms with Crippen LogP contribution in [0.15, 0.2) is 29.0 Å². The quantitative estimate of drug-likeness (QED) is 0.412. The van der Waals surface area contributed by atoms with Crippen molar-refractivity contribution in [2.45, 2.75) is 29.9 Å². The average Bonchev–Trinajstić information content (AvgIpc) is 3.04. The van der Waals surface area contributed by atoms with Crippen molar-refractivity contribution in [3.05, 3.63) is 29.1 Å². The molecule has 0 unspecified atom stereocenters. The maximum atomic E-state index is 11.1. The topological polar surface area (TPSA) is 105 Å². The lowest BCUT2D eigenvalue weighted by molar-refractivity contribution is -0.392. The van der Waals surface area contributed by atoms with Crippen LogP contribution in [0, 0.1) is 10.1 Å². The molecule has 0 radical (unpaired) electrons. The Kier molecular flexibility index (Phi) is 3.53. The normalized spacial score (nSPS) is 11.5. The minimum absolute atomic E-state index is 0.178. The number of aromatic nitrogens is 6. The van der Waals surface area contributed by atoms with Crippen LogP contribution in [0.5, 0.6) is 0 Å². The molecular weight excluding hydrogens is 306 g/mol. The zero-order chi connectivity index (χ0) is 15.9. The molecule has 0 aromatic carbocycles. The van der Waals surface area contributed by atoms with Crippen molar-refractivity contribution in [1.29, 1.82) is 0 Å². The third-order valence-corrected chi connectivity index (χ3v) is 4.28. The van der Waals surface area contributed by atoms with Gasteiger partial charge in [-0.05, 0) is 35.5 Å². The summed E-state index contributed by atoms with van der Waals surface area (Å²) in [5.74, 6) is -0.185. The Morgan fingerprint density at radius 2 is 2.00 bits per heavy atom. The molecule has 0 saturated heterocycles. The molecule has 0 aliphatic carbocycles. The predicted molar refractivity (Wildman–Crippen MR) is 79.7 cm³/mol. The van der Waals surface area contributed by atoms with Crippen molar-refractivity contribution in [3.63, 3.8) is 0 Å². The fraction of sp³-hybridized carbons (Fsp3) is 0.333. The molecule has 0 fully saturated rings. The van der Waals surface area contributed by atoms with E-state index in [-0.39, 0.29) is 11.9 Å². The van der Waals surface area contributed by atoms with Gasteiger partial charge >= 0.3 is 5.82 Å². The molecule has 3 heterocycles. The average molecular weight is 319 g/mol. The number of nitrogens with zero attached hydrogens (tertiary/aromatic N) is 7. The van der Waals surface area contributed by atoms with Gasteiger partial charge in [-0.2, -0.15) is 0 Å². The van der Waals surface area contributed by atoms with Gasteiger partial charge in [-0.1, -0.05) is 0 Å². The molecule has 0 aliphatic heterocycles. The van der Waals surface area contributed by atoms with Crippen LogP contribution in [0.1, 0.15) is 19.9 Å². The molecule has 22 heavy (non-hydrogen) atoms. The summed E-state index contributed by atoms with van der Waals surface area (Å²) in [6.07, 6.45) is 4.52. The van der Waals surface area contributed by atoms with E-state index in [2.05, 4.69) is 19.9 Å². The van der Waals surface area contributed by atoms with Crippen LogP contribution in [0.2, 0.25) is 0 Å². The highest BCUT2D eigenvalue weighted by atomic mass is 32.2. The van der Waals surface area contributed by atoms with E-state index in [1.54, 1.807) is 17.9 Å². The number of hydrogen-bond acceptors (Lipinski definition) is 7. The van der Waals surface area contributed by atoms with Gasteiger partial charge in [0.15, 0.2) is 10.7 Å². The van der Waals surface area contributed by atoms with Gasteiger partial charge in [-0.15, -0.1) is 0 Å². The fourth-order valence-corrected chi connectivity index (χ4v) is 3.04. The summed E-state index contributed by atoms with van der Waals surface area (Å²) < 4.78 is 3.55. The molecule has 10 heteroatoms. The van der Waals surface area contributed by atoms with E-state index in [4.69, 9.17) is 0 Å². The van der Waals surface area contributed by atoms with E-state index in [0.717, 1.165) is 5.52 Å². The highest BCUT2D eigenvalue weighted by Gasteiger charge is 2.24. The Morgan fingerprint density at radius 1 is 1.23 bits per heavy atom. The standard InChI is InChI=1S/C12H13N7O2S/c1-7(2)18-6-15-9-8(18)11(14-4-13-9)22-12-10(19(20)21)16-5-17(12)3/h4-7H,1-3H3. The van der Waals surface area contributed by atoms with Crippen LogP contribution in [0.25, 0.3) is 11.2 Å². The Morgan fingerprint density at radius 3 is 2.68 bits per heavy atom. The molecule has 0 atom stereocenters. The molecular formula is C12H13N7O2S. The minimum Gasteiger partial charge on any atom is -0.358 e. The van der Waals surface area contributed by atoms with Gasteiger partial charge in [0.1, 0.15) is 16.9 Å². The third kappa shape index (κ3) is 2.30. The summed E-state index contributed by atoms with van der Waals surface area (Å²) in [6.45, 7) is 4.05. The van der Waals surface area contributed by atoms with Crippen molar-refractivity contribution in [2.75, 3.05) is 0 Å². The maximum absolute atomic E-state index is 11.1. The zero-order valence-electron chi connectivity index (χ0n) is 12.2. The minimum atomic E-state index is -0.500. The highest BCUT2D eigenvalue weighted by Crippen LogP contribution is 2.35. The molecule has 0 aliphatic rings. The van der Waals surface area contributed by atoms with E-state index >= 15 is 0 Å². The third-order valence-electron chi connectivity index (χ3n) is 3.12. The summed E-state index contributed by atoms with van der Waals surface area (Å²) in [4.78, 5) is 27.1. The van der Waals surface area contributed by atoms with Crippen molar-refractivity contribution >= 4 is 28.7 Å². The van der Waals surface area contributed by atoms with E-state index in [1.165, 1.54) is 24.4 Å². The van der Waals surface area contributed by atoms with E-state index in [1.807, 2.05) is 18.4 Å².